The molecule has 0 fully saturated rings. The second-order valence-electron chi connectivity index (χ2n) is 4.96. The van der Waals surface area contributed by atoms with E-state index in [2.05, 4.69) is 28.6 Å². The molecule has 0 bridgehead atoms. The monoisotopic (exact) mass is 240 g/mol. The zero-order valence-electron chi connectivity index (χ0n) is 10.7. The van der Waals surface area contributed by atoms with Crippen LogP contribution in [0.15, 0.2) is 24.5 Å². The quantitative estimate of drug-likeness (QED) is 0.809. The lowest BCUT2D eigenvalue weighted by atomic mass is 10.0. The van der Waals surface area contributed by atoms with Gasteiger partial charge >= 0.3 is 0 Å². The van der Waals surface area contributed by atoms with E-state index in [-0.39, 0.29) is 5.78 Å². The lowest BCUT2D eigenvalue weighted by Gasteiger charge is -2.10. The number of Topliss-reactive ketones (excluding diaryl/α,β-unsaturated/α-hetero) is 1. The first-order chi connectivity index (χ1) is 8.65. The molecule has 1 aromatic heterocycles. The van der Waals surface area contributed by atoms with Crippen LogP contribution in [-0.2, 0) is 13.0 Å². The largest absolute Gasteiger partial charge is 0.331 e. The number of hydrogen-bond donors (Lipinski definition) is 0. The lowest BCUT2D eigenvalue weighted by Crippen LogP contribution is -2.03. The van der Waals surface area contributed by atoms with Gasteiger partial charge in [-0.05, 0) is 43.0 Å². The molecular weight excluding hydrogens is 224 g/mol. The second kappa shape index (κ2) is 4.09. The molecule has 18 heavy (non-hydrogen) atoms. The molecule has 3 nitrogen and oxygen atoms in total. The highest BCUT2D eigenvalue weighted by molar-refractivity contribution is 6.00. The van der Waals surface area contributed by atoms with E-state index in [1.165, 1.54) is 16.7 Å². The van der Waals surface area contributed by atoms with E-state index >= 15 is 0 Å². The molecule has 0 spiro atoms. The van der Waals surface area contributed by atoms with Crippen LogP contribution in [0.5, 0.6) is 0 Å². The van der Waals surface area contributed by atoms with Gasteiger partial charge < -0.3 is 4.57 Å². The minimum Gasteiger partial charge on any atom is -0.331 e. The molecule has 0 atom stereocenters. The fourth-order valence-electron chi connectivity index (χ4n) is 2.70. The summed E-state index contributed by atoms with van der Waals surface area (Å²) in [5.74, 6) is 1.29. The number of carbonyl (C=O) groups is 1. The number of ketones is 1. The normalized spacial score (nSPS) is 14.0. The molecule has 0 aliphatic heterocycles. The minimum absolute atomic E-state index is 0.289. The second-order valence-corrected chi connectivity index (χ2v) is 4.96. The van der Waals surface area contributed by atoms with E-state index in [1.54, 1.807) is 6.20 Å². The Hall–Kier alpha value is -1.90. The molecule has 92 valence electrons. The number of imidazole rings is 1. The molecule has 2 aromatic rings. The van der Waals surface area contributed by atoms with E-state index in [0.717, 1.165) is 24.4 Å². The molecule has 0 radical (unpaired) electrons. The summed E-state index contributed by atoms with van der Waals surface area (Å²) in [6.45, 7) is 4.88. The van der Waals surface area contributed by atoms with Crippen molar-refractivity contribution in [2.75, 3.05) is 0 Å². The fourth-order valence-corrected chi connectivity index (χ4v) is 2.70. The Kier molecular flexibility index (Phi) is 2.54. The van der Waals surface area contributed by atoms with Crippen LogP contribution in [0.25, 0.3) is 0 Å². The molecule has 0 unspecified atom stereocenters. The van der Waals surface area contributed by atoms with Gasteiger partial charge in [0, 0.05) is 30.9 Å². The van der Waals surface area contributed by atoms with Crippen molar-refractivity contribution < 1.29 is 4.79 Å². The van der Waals surface area contributed by atoms with Crippen molar-refractivity contribution >= 4 is 5.78 Å². The first-order valence-electron chi connectivity index (χ1n) is 6.28. The van der Waals surface area contributed by atoms with Crippen molar-refractivity contribution in [2.24, 2.45) is 0 Å². The molecule has 0 amide bonds. The molecule has 3 rings (SSSR count). The summed E-state index contributed by atoms with van der Waals surface area (Å²) in [6.07, 6.45) is 5.36. The fraction of sp³-hybridized carbons (Fsp3) is 0.333. The SMILES string of the molecule is Cc1cc(Cn2ccnc2C)cc2c1CCC2=O. The topological polar surface area (TPSA) is 34.9 Å². The Bertz CT molecular complexity index is 625. The Morgan fingerprint density at radius 1 is 1.28 bits per heavy atom. The van der Waals surface area contributed by atoms with E-state index in [4.69, 9.17) is 0 Å². The smallest absolute Gasteiger partial charge is 0.163 e. The molecule has 1 aliphatic rings. The maximum absolute atomic E-state index is 11.8. The number of hydrogen-bond acceptors (Lipinski definition) is 2. The average molecular weight is 240 g/mol. The van der Waals surface area contributed by atoms with Crippen LogP contribution in [0, 0.1) is 13.8 Å². The standard InChI is InChI=1S/C15H16N2O/c1-10-7-12(9-17-6-5-16-11(17)2)8-14-13(10)3-4-15(14)18/h5-8H,3-4,9H2,1-2H3. The Balaban J connectivity index is 1.99. The van der Waals surface area contributed by atoms with Crippen molar-refractivity contribution in [3.8, 4) is 0 Å². The van der Waals surface area contributed by atoms with E-state index in [9.17, 15) is 4.79 Å². The maximum Gasteiger partial charge on any atom is 0.163 e. The molecule has 1 heterocycles. The maximum atomic E-state index is 11.8. The third-order valence-corrected chi connectivity index (χ3v) is 3.71. The molecule has 0 saturated heterocycles. The van der Waals surface area contributed by atoms with Crippen molar-refractivity contribution in [3.63, 3.8) is 0 Å². The summed E-state index contributed by atoms with van der Waals surface area (Å²) in [5, 5.41) is 0. The summed E-state index contributed by atoms with van der Waals surface area (Å²) in [4.78, 5) is 16.0. The van der Waals surface area contributed by atoms with Crippen LogP contribution >= 0.6 is 0 Å². The molecule has 3 heteroatoms. The van der Waals surface area contributed by atoms with Crippen LogP contribution in [-0.4, -0.2) is 15.3 Å². The summed E-state index contributed by atoms with van der Waals surface area (Å²) < 4.78 is 2.10. The highest BCUT2D eigenvalue weighted by Gasteiger charge is 2.21. The number of fused-ring (bicyclic) bond motifs is 1. The van der Waals surface area contributed by atoms with Gasteiger partial charge in [-0.1, -0.05) is 6.07 Å². The Morgan fingerprint density at radius 3 is 2.83 bits per heavy atom. The number of rotatable bonds is 2. The zero-order chi connectivity index (χ0) is 12.7. The zero-order valence-corrected chi connectivity index (χ0v) is 10.7. The third kappa shape index (κ3) is 1.76. The van der Waals surface area contributed by atoms with E-state index < -0.39 is 0 Å². The van der Waals surface area contributed by atoms with Gasteiger partial charge in [0.15, 0.2) is 5.78 Å². The van der Waals surface area contributed by atoms with Crippen molar-refractivity contribution in [1.29, 1.82) is 0 Å². The predicted octanol–water partition coefficient (Wildman–Crippen LogP) is 2.68. The van der Waals surface area contributed by atoms with Crippen molar-refractivity contribution in [2.45, 2.75) is 33.2 Å². The third-order valence-electron chi connectivity index (χ3n) is 3.71. The lowest BCUT2D eigenvalue weighted by molar-refractivity contribution is 0.0994. The number of carbonyl (C=O) groups excluding carboxylic acids is 1. The summed E-state index contributed by atoms with van der Waals surface area (Å²) in [6, 6.07) is 4.24. The van der Waals surface area contributed by atoms with Gasteiger partial charge in [0.05, 0.1) is 0 Å². The minimum atomic E-state index is 0.289. The molecular formula is C15H16N2O. The van der Waals surface area contributed by atoms with Gasteiger partial charge in [-0.15, -0.1) is 0 Å². The van der Waals surface area contributed by atoms with Crippen LogP contribution in [0.2, 0.25) is 0 Å². The Morgan fingerprint density at radius 2 is 2.11 bits per heavy atom. The molecule has 0 N–H and O–H groups in total. The van der Waals surface area contributed by atoms with Crippen LogP contribution in [0.1, 0.15) is 39.3 Å². The molecule has 1 aromatic carbocycles. The first-order valence-corrected chi connectivity index (χ1v) is 6.28. The first kappa shape index (κ1) is 11.2. The highest BCUT2D eigenvalue weighted by atomic mass is 16.1. The summed E-state index contributed by atoms with van der Waals surface area (Å²) in [7, 11) is 0. The Labute approximate surface area is 106 Å². The summed E-state index contributed by atoms with van der Waals surface area (Å²) >= 11 is 0. The van der Waals surface area contributed by atoms with Gasteiger partial charge in [0.2, 0.25) is 0 Å². The molecule has 1 aliphatic carbocycles. The number of benzene rings is 1. The van der Waals surface area contributed by atoms with Gasteiger partial charge in [0.1, 0.15) is 5.82 Å². The van der Waals surface area contributed by atoms with Gasteiger partial charge in [-0.3, -0.25) is 4.79 Å². The predicted molar refractivity (Wildman–Crippen MR) is 69.9 cm³/mol. The van der Waals surface area contributed by atoms with Crippen LogP contribution in [0.3, 0.4) is 0 Å². The van der Waals surface area contributed by atoms with Crippen molar-refractivity contribution in [3.05, 3.63) is 52.6 Å². The van der Waals surface area contributed by atoms with Crippen LogP contribution in [0.4, 0.5) is 0 Å². The van der Waals surface area contributed by atoms with E-state index in [1.807, 2.05) is 13.1 Å². The number of nitrogens with zero attached hydrogens (tertiary/aromatic N) is 2. The molecule has 0 saturated carbocycles. The van der Waals surface area contributed by atoms with Crippen molar-refractivity contribution in [1.82, 2.24) is 9.55 Å². The number of aryl methyl sites for hydroxylation is 2. The average Bonchev–Trinajstić information content (AvgIpc) is 2.88. The van der Waals surface area contributed by atoms with Gasteiger partial charge in [-0.2, -0.15) is 0 Å². The highest BCUT2D eigenvalue weighted by Crippen LogP contribution is 2.27. The summed E-state index contributed by atoms with van der Waals surface area (Å²) in [5.41, 5.74) is 4.60. The number of aromatic nitrogens is 2. The van der Waals surface area contributed by atoms with E-state index in [0.29, 0.717) is 6.42 Å². The van der Waals surface area contributed by atoms with Gasteiger partial charge in [0.25, 0.3) is 0 Å². The van der Waals surface area contributed by atoms with Crippen LogP contribution < -0.4 is 0 Å². The van der Waals surface area contributed by atoms with Gasteiger partial charge in [-0.25, -0.2) is 4.98 Å².